The highest BCUT2D eigenvalue weighted by Gasteiger charge is 1.19. The summed E-state index contributed by atoms with van der Waals surface area (Å²) in [6.45, 7) is 0. The van der Waals surface area contributed by atoms with Crippen molar-refractivity contribution in [3.05, 3.63) is 0 Å². The van der Waals surface area contributed by atoms with Crippen LogP contribution in [-0.2, 0) is 17.3 Å². The number of nitrogens with two attached hydrogens (primary N) is 1. The van der Waals surface area contributed by atoms with Crippen molar-refractivity contribution in [2.45, 2.75) is 0 Å². The van der Waals surface area contributed by atoms with Crippen molar-refractivity contribution in [2.24, 2.45) is 5.73 Å². The van der Waals surface area contributed by atoms with Gasteiger partial charge in [0.25, 0.3) is 0 Å². The highest BCUT2D eigenvalue weighted by atomic mass is 32.1. The summed E-state index contributed by atoms with van der Waals surface area (Å²) in [5.41, 5.74) is 4.17. The Morgan fingerprint density at radius 3 is 1.60 bits per heavy atom. The van der Waals surface area contributed by atoms with Crippen molar-refractivity contribution in [1.29, 1.82) is 0 Å². The fourth-order valence-corrected chi connectivity index (χ4v) is 0. The van der Waals surface area contributed by atoms with E-state index in [0.29, 0.717) is 0 Å². The summed E-state index contributed by atoms with van der Waals surface area (Å²) in [5.74, 6) is 0. The normalized spacial score (nSPS) is 3.40. The van der Waals surface area contributed by atoms with Crippen LogP contribution in [-0.4, -0.2) is 10.6 Å². The van der Waals surface area contributed by atoms with Crippen molar-refractivity contribution in [1.82, 2.24) is 0 Å². The molecule has 0 aliphatic heterocycles. The van der Waals surface area contributed by atoms with Crippen LogP contribution in [0.1, 0.15) is 0 Å². The quantitative estimate of drug-likeness (QED) is 0.362. The maximum Gasteiger partial charge on any atom is 0.204 e. The Balaban J connectivity index is 0. The van der Waals surface area contributed by atoms with Crippen LogP contribution < -0.4 is 5.73 Å². The zero-order valence-electron chi connectivity index (χ0n) is 2.47. The van der Waals surface area contributed by atoms with Crippen molar-refractivity contribution in [3.8, 4) is 0 Å². The predicted molar refractivity (Wildman–Crippen MR) is 21.2 cm³/mol. The van der Waals surface area contributed by atoms with E-state index < -0.39 is 0 Å². The van der Waals surface area contributed by atoms with E-state index in [-0.39, 0.29) is 6.41 Å². The highest BCUT2D eigenvalue weighted by molar-refractivity contribution is 7.44. The molecule has 0 aromatic carbocycles. The summed E-state index contributed by atoms with van der Waals surface area (Å²) in [6, 6.07) is 0. The van der Waals surface area contributed by atoms with E-state index >= 15 is 0 Å². The van der Waals surface area contributed by atoms with Crippen LogP contribution >= 0.6 is 0 Å². The molecule has 0 radical (unpaired) electrons. The first-order chi connectivity index (χ1) is 2.41. The van der Waals surface area contributed by atoms with Crippen LogP contribution in [0.15, 0.2) is 0 Å². The Morgan fingerprint density at radius 2 is 1.60 bits per heavy atom. The van der Waals surface area contributed by atoms with Crippen LogP contribution in [0.4, 0.5) is 0 Å². The number of primary amides is 1. The lowest BCUT2D eigenvalue weighted by atomic mass is 11.5. The number of carbonyl (C=O) groups is 1. The molecule has 1 amide bonds. The van der Waals surface area contributed by atoms with Gasteiger partial charge in [0.1, 0.15) is 0 Å². The average Bonchev–Trinajstić information content (AvgIpc) is 1.46. The molecule has 3 nitrogen and oxygen atoms in total. The largest absolute Gasteiger partial charge is 0.372 e. The minimum Gasteiger partial charge on any atom is -0.372 e. The van der Waals surface area contributed by atoms with E-state index in [1.807, 2.05) is 0 Å². The van der Waals surface area contributed by atoms with Gasteiger partial charge in [-0.1, -0.05) is 0 Å². The lowest BCUT2D eigenvalue weighted by Gasteiger charge is -1.32. The summed E-state index contributed by atoms with van der Waals surface area (Å²) in [4.78, 5) is 8.58. The van der Waals surface area contributed by atoms with Crippen LogP contribution in [0, 0.1) is 0 Å². The zero-order chi connectivity index (χ0) is 4.71. The van der Waals surface area contributed by atoms with Gasteiger partial charge in [-0.05, 0) is 12.5 Å². The van der Waals surface area contributed by atoms with Gasteiger partial charge < -0.3 is 5.73 Å². The van der Waals surface area contributed by atoms with E-state index in [9.17, 15) is 0 Å². The fraction of sp³-hybridized carbons (Fsp3) is 0. The summed E-state index contributed by atoms with van der Waals surface area (Å²) in [7, 11) is 0. The third-order valence-electron chi connectivity index (χ3n) is 0. The molecule has 0 spiro atoms. The molecule has 0 aliphatic rings. The Hall–Kier alpha value is -0.380. The number of carbonyl (C=O) groups excluding carboxylic acids is 1. The predicted octanol–water partition coefficient (Wildman–Crippen LogP) is -1.77. The SMILES string of the molecule is NC=O.O=[SH2]. The molecule has 0 bridgehead atoms. The molecule has 32 valence electrons. The molecule has 0 saturated heterocycles. The summed E-state index contributed by atoms with van der Waals surface area (Å²) in [5, 5.41) is 0. The second kappa shape index (κ2) is 64.6. The number of amides is 1. The van der Waals surface area contributed by atoms with Gasteiger partial charge in [0, 0.05) is 0 Å². The topological polar surface area (TPSA) is 60.2 Å². The van der Waals surface area contributed by atoms with Crippen LogP contribution in [0.2, 0.25) is 0 Å². The number of rotatable bonds is 0. The van der Waals surface area contributed by atoms with E-state index in [1.165, 1.54) is 0 Å². The molecule has 0 aromatic rings. The third kappa shape index (κ3) is 65.8. The first-order valence-corrected chi connectivity index (χ1v) is 1.18. The van der Waals surface area contributed by atoms with E-state index in [1.54, 1.807) is 12.5 Å². The fourth-order valence-electron chi connectivity index (χ4n) is 0. The van der Waals surface area contributed by atoms with Crippen molar-refractivity contribution in [3.63, 3.8) is 0 Å². The molecule has 4 heteroatoms. The summed E-state index contributed by atoms with van der Waals surface area (Å²) < 4.78 is 8.06. The monoisotopic (exact) mass is 95.0 g/mol. The maximum atomic E-state index is 8.58. The van der Waals surface area contributed by atoms with Crippen LogP contribution in [0.5, 0.6) is 0 Å². The second-order valence-corrected chi connectivity index (χ2v) is 0.136. The third-order valence-corrected chi connectivity index (χ3v) is 0. The van der Waals surface area contributed by atoms with Gasteiger partial charge in [-0.2, -0.15) is 0 Å². The van der Waals surface area contributed by atoms with E-state index in [0.717, 1.165) is 0 Å². The Morgan fingerprint density at radius 1 is 1.60 bits per heavy atom. The lowest BCUT2D eigenvalue weighted by Crippen LogP contribution is -1.82. The first-order valence-electron chi connectivity index (χ1n) is 0.773. The second-order valence-electron chi connectivity index (χ2n) is 0.136. The van der Waals surface area contributed by atoms with Gasteiger partial charge in [-0.25, -0.2) is 0 Å². The number of hydrogen-bond acceptors (Lipinski definition) is 2. The van der Waals surface area contributed by atoms with E-state index in [2.05, 4.69) is 5.73 Å². The molecule has 0 unspecified atom stereocenters. The first kappa shape index (κ1) is 8.82. The molecule has 5 heavy (non-hydrogen) atoms. The zero-order valence-corrected chi connectivity index (χ0v) is 3.47. The summed E-state index contributed by atoms with van der Waals surface area (Å²) in [6.07, 6.45) is 0.250. The lowest BCUT2D eigenvalue weighted by molar-refractivity contribution is -0.106. The van der Waals surface area contributed by atoms with Crippen molar-refractivity contribution in [2.75, 3.05) is 0 Å². The molecule has 0 rings (SSSR count). The van der Waals surface area contributed by atoms with Gasteiger partial charge in [0.2, 0.25) is 6.41 Å². The highest BCUT2D eigenvalue weighted by Crippen LogP contribution is 0.798. The van der Waals surface area contributed by atoms with Gasteiger partial charge in [-0.15, -0.1) is 0 Å². The van der Waals surface area contributed by atoms with Gasteiger partial charge in [0.15, 0.2) is 0 Å². The van der Waals surface area contributed by atoms with Gasteiger partial charge in [-0.3, -0.25) is 9.00 Å². The van der Waals surface area contributed by atoms with Gasteiger partial charge >= 0.3 is 0 Å². The molecule has 0 fully saturated rings. The molecule has 2 N–H and O–H groups in total. The minimum absolute atomic E-state index is 0.250. The smallest absolute Gasteiger partial charge is 0.204 e. The maximum absolute atomic E-state index is 8.58. The molecule has 0 saturated carbocycles. The standard InChI is InChI=1S/CH3NO.H2OS/c2-1-3;1-2/h1H,(H2,2,3);2H2. The number of hydrogen-bond donors (Lipinski definition) is 1. The van der Waals surface area contributed by atoms with E-state index in [4.69, 9.17) is 9.00 Å². The Bertz CT molecular complexity index is 23.6. The van der Waals surface area contributed by atoms with Gasteiger partial charge in [0.05, 0.1) is 0 Å². The van der Waals surface area contributed by atoms with Crippen molar-refractivity contribution < 1.29 is 9.00 Å². The Labute approximate surface area is 34.7 Å². The van der Waals surface area contributed by atoms with Crippen LogP contribution in [0.3, 0.4) is 0 Å². The minimum atomic E-state index is 0.250. The molecule has 0 heterocycles. The molecule has 0 atom stereocenters. The molecule has 0 aliphatic carbocycles. The van der Waals surface area contributed by atoms with Crippen molar-refractivity contribution >= 4 is 18.9 Å². The molecular formula is CH5NO2S. The molecule has 0 aromatic heterocycles. The Kier molecular flexibility index (Phi) is 114. The average molecular weight is 95.1 g/mol. The summed E-state index contributed by atoms with van der Waals surface area (Å²) >= 11 is 1.72. The molecular weight excluding hydrogens is 90.1 g/mol. The van der Waals surface area contributed by atoms with Crippen LogP contribution in [0.25, 0.3) is 0 Å².